The van der Waals surface area contributed by atoms with Crippen molar-refractivity contribution in [2.45, 2.75) is 16.5 Å². The van der Waals surface area contributed by atoms with E-state index >= 15 is 0 Å². The van der Waals surface area contributed by atoms with Crippen LogP contribution in [0.3, 0.4) is 0 Å². The van der Waals surface area contributed by atoms with E-state index in [-0.39, 0.29) is 21.7 Å². The molecule has 0 fully saturated rings. The summed E-state index contributed by atoms with van der Waals surface area (Å²) in [6.07, 6.45) is 0. The van der Waals surface area contributed by atoms with Crippen molar-refractivity contribution < 1.29 is 17.2 Å². The molecule has 0 aliphatic heterocycles. The summed E-state index contributed by atoms with van der Waals surface area (Å²) in [7, 11) is -4.04. The van der Waals surface area contributed by atoms with Gasteiger partial charge in [-0.3, -0.25) is 0 Å². The second kappa shape index (κ2) is 8.30. The van der Waals surface area contributed by atoms with Crippen LogP contribution in [0.25, 0.3) is 11.5 Å². The van der Waals surface area contributed by atoms with E-state index in [9.17, 15) is 12.8 Å². The van der Waals surface area contributed by atoms with Gasteiger partial charge in [-0.15, -0.1) is 0 Å². The quantitative estimate of drug-likeness (QED) is 0.395. The fourth-order valence-corrected chi connectivity index (χ4v) is 4.22. The van der Waals surface area contributed by atoms with Gasteiger partial charge in [-0.2, -0.15) is 4.98 Å². The molecule has 0 saturated carbocycles. The van der Waals surface area contributed by atoms with Crippen LogP contribution in [0, 0.1) is 5.82 Å². The minimum absolute atomic E-state index is 0.00753. The first-order chi connectivity index (χ1) is 14.4. The number of nitrogens with one attached hydrogen (secondary N) is 1. The van der Waals surface area contributed by atoms with Gasteiger partial charge in [-0.05, 0) is 54.1 Å². The summed E-state index contributed by atoms with van der Waals surface area (Å²) in [4.78, 5) is 4.17. The Morgan fingerprint density at radius 2 is 1.60 bits per heavy atom. The highest BCUT2D eigenvalue weighted by atomic mass is 35.5. The Balaban J connectivity index is 1.74. The van der Waals surface area contributed by atoms with Crippen molar-refractivity contribution in [3.05, 3.63) is 95.3 Å². The van der Waals surface area contributed by atoms with E-state index in [1.165, 1.54) is 12.1 Å². The fourth-order valence-electron chi connectivity index (χ4n) is 2.81. The largest absolute Gasteiger partial charge is 0.419 e. The number of halogens is 2. The molecule has 1 aromatic heterocycles. The highest BCUT2D eigenvalue weighted by Gasteiger charge is 2.28. The van der Waals surface area contributed by atoms with Crippen molar-refractivity contribution >= 4 is 27.3 Å². The smallest absolute Gasteiger partial charge is 0.234 e. The molecule has 0 aliphatic rings. The first-order valence-corrected chi connectivity index (χ1v) is 10.8. The normalized spacial score (nSPS) is 11.4. The zero-order chi connectivity index (χ0) is 21.1. The number of sulfone groups is 1. The minimum atomic E-state index is -4.04. The Hall–Kier alpha value is -3.16. The molecule has 0 unspecified atom stereocenters. The van der Waals surface area contributed by atoms with E-state index in [2.05, 4.69) is 10.3 Å². The van der Waals surface area contributed by atoms with Crippen LogP contribution < -0.4 is 5.32 Å². The maximum atomic E-state index is 13.3. The molecule has 0 bridgehead atoms. The molecule has 0 atom stereocenters. The number of hydrogen-bond donors (Lipinski definition) is 1. The molecule has 3 aromatic carbocycles. The molecule has 5 nitrogen and oxygen atoms in total. The Kier molecular flexibility index (Phi) is 5.57. The van der Waals surface area contributed by atoms with Gasteiger partial charge in [-0.1, -0.05) is 41.9 Å². The second-order valence-electron chi connectivity index (χ2n) is 6.46. The Bertz CT molecular complexity index is 1260. The van der Waals surface area contributed by atoms with Crippen LogP contribution in [0.15, 0.2) is 93.2 Å². The van der Waals surface area contributed by atoms with Crippen molar-refractivity contribution in [3.8, 4) is 11.5 Å². The third kappa shape index (κ3) is 4.22. The summed E-state index contributed by atoms with van der Waals surface area (Å²) in [5.41, 5.74) is 1.51. The van der Waals surface area contributed by atoms with Crippen molar-refractivity contribution in [3.63, 3.8) is 0 Å². The summed E-state index contributed by atoms with van der Waals surface area (Å²) in [5, 5.41) is 3.34. The van der Waals surface area contributed by atoms with Crippen molar-refractivity contribution in [1.82, 2.24) is 4.98 Å². The van der Waals surface area contributed by atoms with Crippen molar-refractivity contribution in [2.75, 3.05) is 5.32 Å². The molecule has 4 aromatic rings. The first kappa shape index (κ1) is 20.1. The SMILES string of the molecule is O=S(=O)(c1ccc(F)cc1)c1nc(-c2ccccc2)oc1NCc1ccc(Cl)cc1. The predicted molar refractivity (Wildman–Crippen MR) is 113 cm³/mol. The van der Waals surface area contributed by atoms with Crippen LogP contribution in [-0.4, -0.2) is 13.4 Å². The summed E-state index contributed by atoms with van der Waals surface area (Å²) >= 11 is 5.91. The van der Waals surface area contributed by atoms with Gasteiger partial charge in [-0.25, -0.2) is 12.8 Å². The molecule has 8 heteroatoms. The molecule has 0 amide bonds. The molecule has 0 radical (unpaired) electrons. The van der Waals surface area contributed by atoms with Gasteiger partial charge in [0, 0.05) is 17.1 Å². The number of aromatic nitrogens is 1. The monoisotopic (exact) mass is 442 g/mol. The lowest BCUT2D eigenvalue weighted by molar-refractivity contribution is 0.576. The van der Waals surface area contributed by atoms with Crippen molar-refractivity contribution in [2.24, 2.45) is 0 Å². The molecular weight excluding hydrogens is 427 g/mol. The average Bonchev–Trinajstić information content (AvgIpc) is 3.20. The van der Waals surface area contributed by atoms with Gasteiger partial charge in [0.15, 0.2) is 0 Å². The molecule has 0 saturated heterocycles. The summed E-state index contributed by atoms with van der Waals surface area (Å²) < 4.78 is 45.4. The topological polar surface area (TPSA) is 72.2 Å². The zero-order valence-electron chi connectivity index (χ0n) is 15.5. The van der Waals surface area contributed by atoms with Gasteiger partial charge in [0.2, 0.25) is 26.6 Å². The van der Waals surface area contributed by atoms with E-state index in [1.54, 1.807) is 36.4 Å². The second-order valence-corrected chi connectivity index (χ2v) is 8.76. The molecule has 30 heavy (non-hydrogen) atoms. The van der Waals surface area contributed by atoms with Crippen LogP contribution in [0.2, 0.25) is 5.02 Å². The lowest BCUT2D eigenvalue weighted by Crippen LogP contribution is -2.07. The Morgan fingerprint density at radius 3 is 2.27 bits per heavy atom. The summed E-state index contributed by atoms with van der Waals surface area (Å²) in [6.45, 7) is 0.298. The number of anilines is 1. The number of benzene rings is 3. The first-order valence-electron chi connectivity index (χ1n) is 8.99. The lowest BCUT2D eigenvalue weighted by Gasteiger charge is -2.06. The number of rotatable bonds is 6. The van der Waals surface area contributed by atoms with Crippen LogP contribution in [0.5, 0.6) is 0 Å². The van der Waals surface area contributed by atoms with Crippen LogP contribution in [0.1, 0.15) is 5.56 Å². The number of oxazole rings is 1. The zero-order valence-corrected chi connectivity index (χ0v) is 17.1. The van der Waals surface area contributed by atoms with Gasteiger partial charge in [0.05, 0.1) is 4.90 Å². The third-order valence-corrected chi connectivity index (χ3v) is 6.29. The molecule has 152 valence electrons. The van der Waals surface area contributed by atoms with Crippen LogP contribution in [0.4, 0.5) is 10.3 Å². The van der Waals surface area contributed by atoms with Crippen molar-refractivity contribution in [1.29, 1.82) is 0 Å². The third-order valence-electron chi connectivity index (χ3n) is 4.36. The number of nitrogens with zero attached hydrogens (tertiary/aromatic N) is 1. The van der Waals surface area contributed by atoms with E-state index in [0.717, 1.165) is 17.7 Å². The van der Waals surface area contributed by atoms with Gasteiger partial charge in [0.25, 0.3) is 0 Å². The summed E-state index contributed by atoms with van der Waals surface area (Å²) in [5.74, 6) is -0.358. The minimum Gasteiger partial charge on any atom is -0.419 e. The van der Waals surface area contributed by atoms with E-state index < -0.39 is 15.7 Å². The molecule has 0 spiro atoms. The summed E-state index contributed by atoms with van der Waals surface area (Å²) in [6, 6.07) is 20.7. The maximum Gasteiger partial charge on any atom is 0.234 e. The van der Waals surface area contributed by atoms with Crippen LogP contribution >= 0.6 is 11.6 Å². The number of hydrogen-bond acceptors (Lipinski definition) is 5. The molecule has 1 heterocycles. The van der Waals surface area contributed by atoms with E-state index in [4.69, 9.17) is 16.0 Å². The van der Waals surface area contributed by atoms with Crippen LogP contribution in [-0.2, 0) is 16.4 Å². The van der Waals surface area contributed by atoms with Gasteiger partial charge in [0.1, 0.15) is 5.82 Å². The highest BCUT2D eigenvalue weighted by molar-refractivity contribution is 7.91. The maximum absolute atomic E-state index is 13.3. The predicted octanol–water partition coefficient (Wildman–Crippen LogP) is 5.58. The van der Waals surface area contributed by atoms with E-state index in [0.29, 0.717) is 17.1 Å². The molecule has 1 N–H and O–H groups in total. The Labute approximate surface area is 178 Å². The molecule has 4 rings (SSSR count). The average molecular weight is 443 g/mol. The molecular formula is C22H16ClFN2O3S. The standard InChI is InChI=1S/C22H16ClFN2O3S/c23-17-8-6-15(7-9-17)14-25-21-22(26-20(29-21)16-4-2-1-3-5-16)30(27,28)19-12-10-18(24)11-13-19/h1-13,25H,14H2. The van der Waals surface area contributed by atoms with Gasteiger partial charge >= 0.3 is 0 Å². The van der Waals surface area contributed by atoms with E-state index in [1.807, 2.05) is 18.2 Å². The molecule has 0 aliphatic carbocycles. The fraction of sp³-hybridized carbons (Fsp3) is 0.0455. The highest BCUT2D eigenvalue weighted by Crippen LogP contribution is 2.32. The Morgan fingerprint density at radius 1 is 0.933 bits per heavy atom. The lowest BCUT2D eigenvalue weighted by atomic mass is 10.2. The van der Waals surface area contributed by atoms with Gasteiger partial charge < -0.3 is 9.73 Å².